The van der Waals surface area contributed by atoms with Crippen molar-refractivity contribution in [3.63, 3.8) is 0 Å². The number of rotatable bonds is 4. The van der Waals surface area contributed by atoms with E-state index in [1.165, 1.54) is 12.1 Å². The van der Waals surface area contributed by atoms with E-state index in [1.54, 1.807) is 11.7 Å². The van der Waals surface area contributed by atoms with Crippen molar-refractivity contribution in [3.8, 4) is 0 Å². The molecule has 1 aliphatic carbocycles. The number of allylic oxidation sites excluding steroid dienone is 3. The third kappa shape index (κ3) is 3.15. The summed E-state index contributed by atoms with van der Waals surface area (Å²) in [5.74, 6) is -0.907. The average Bonchev–Trinajstić information content (AvgIpc) is 3.03. The molecule has 2 aromatic rings. The summed E-state index contributed by atoms with van der Waals surface area (Å²) in [5.41, 5.74) is 1.38. The fourth-order valence-electron chi connectivity index (χ4n) is 4.23. The monoisotopic (exact) mass is 404 g/mol. The molecule has 2 aliphatic rings. The van der Waals surface area contributed by atoms with E-state index in [4.69, 9.17) is 16.3 Å². The number of hydrogen-bond acceptors (Lipinski definition) is 3. The molecule has 1 saturated heterocycles. The molecule has 1 N–H and O–H groups in total. The third-order valence-electron chi connectivity index (χ3n) is 5.48. The van der Waals surface area contributed by atoms with Crippen LogP contribution in [0.5, 0.6) is 0 Å². The maximum atomic E-state index is 14.3. The topological polar surface area (TPSA) is 54.7 Å². The number of hydrogen-bond donors (Lipinski definition) is 1. The SMILES string of the molecule is COC1=CC(n2c(C(=O)O)c(N3CCCCC3)c3cc(F)c(Cl)cc32)CC=C1. The van der Waals surface area contributed by atoms with Crippen LogP contribution in [0.15, 0.2) is 36.1 Å². The van der Waals surface area contributed by atoms with Crippen molar-refractivity contribution in [2.24, 2.45) is 0 Å². The molecule has 28 heavy (non-hydrogen) atoms. The number of piperidine rings is 1. The zero-order valence-corrected chi connectivity index (χ0v) is 16.4. The Kier molecular flexibility index (Phi) is 5.06. The van der Waals surface area contributed by atoms with Crippen LogP contribution < -0.4 is 4.90 Å². The number of halogens is 2. The quantitative estimate of drug-likeness (QED) is 0.765. The van der Waals surface area contributed by atoms with Crippen molar-refractivity contribution in [2.75, 3.05) is 25.1 Å². The van der Waals surface area contributed by atoms with Gasteiger partial charge in [0.2, 0.25) is 0 Å². The highest BCUT2D eigenvalue weighted by Gasteiger charge is 2.31. The minimum Gasteiger partial charge on any atom is -0.497 e. The molecule has 148 valence electrons. The molecule has 1 atom stereocenters. The Labute approximate surface area is 167 Å². The lowest BCUT2D eigenvalue weighted by atomic mass is 10.1. The van der Waals surface area contributed by atoms with Gasteiger partial charge in [-0.3, -0.25) is 0 Å². The van der Waals surface area contributed by atoms with Crippen molar-refractivity contribution in [1.82, 2.24) is 4.57 Å². The lowest BCUT2D eigenvalue weighted by Crippen LogP contribution is -2.31. The van der Waals surface area contributed by atoms with Gasteiger partial charge in [-0.1, -0.05) is 17.7 Å². The molecule has 1 unspecified atom stereocenters. The normalized spacial score (nSPS) is 19.8. The van der Waals surface area contributed by atoms with Crippen molar-refractivity contribution in [3.05, 3.63) is 52.7 Å². The van der Waals surface area contributed by atoms with Gasteiger partial charge in [0.25, 0.3) is 0 Å². The number of aromatic carboxylic acids is 1. The van der Waals surface area contributed by atoms with E-state index >= 15 is 0 Å². The Morgan fingerprint density at radius 1 is 1.29 bits per heavy atom. The molecule has 1 fully saturated rings. The van der Waals surface area contributed by atoms with Crippen LogP contribution in [0.2, 0.25) is 5.02 Å². The minimum absolute atomic E-state index is 0.0179. The zero-order chi connectivity index (χ0) is 19.8. The number of ether oxygens (including phenoxy) is 1. The molecule has 0 amide bonds. The number of aromatic nitrogens is 1. The summed E-state index contributed by atoms with van der Waals surface area (Å²) in [7, 11) is 1.58. The van der Waals surface area contributed by atoms with E-state index in [1.807, 2.05) is 18.2 Å². The Morgan fingerprint density at radius 3 is 2.71 bits per heavy atom. The van der Waals surface area contributed by atoms with Gasteiger partial charge in [0.05, 0.1) is 29.4 Å². The summed E-state index contributed by atoms with van der Waals surface area (Å²) in [6, 6.07) is 2.64. The summed E-state index contributed by atoms with van der Waals surface area (Å²) >= 11 is 6.08. The van der Waals surface area contributed by atoms with E-state index in [0.29, 0.717) is 28.8 Å². The van der Waals surface area contributed by atoms with Crippen LogP contribution in [0.25, 0.3) is 10.9 Å². The molecule has 0 spiro atoms. The molecule has 1 aromatic heterocycles. The van der Waals surface area contributed by atoms with Gasteiger partial charge in [-0.2, -0.15) is 0 Å². The van der Waals surface area contributed by atoms with Gasteiger partial charge in [-0.25, -0.2) is 9.18 Å². The first-order chi connectivity index (χ1) is 13.5. The predicted molar refractivity (Wildman–Crippen MR) is 108 cm³/mol. The second-order valence-corrected chi connectivity index (χ2v) is 7.59. The molecule has 4 rings (SSSR count). The molecule has 1 aromatic carbocycles. The molecule has 1 aliphatic heterocycles. The lowest BCUT2D eigenvalue weighted by Gasteiger charge is -2.29. The average molecular weight is 405 g/mol. The van der Waals surface area contributed by atoms with Crippen LogP contribution >= 0.6 is 11.6 Å². The smallest absolute Gasteiger partial charge is 0.354 e. The molecule has 5 nitrogen and oxygen atoms in total. The van der Waals surface area contributed by atoms with Crippen molar-refractivity contribution in [1.29, 1.82) is 0 Å². The highest BCUT2D eigenvalue weighted by molar-refractivity contribution is 6.31. The maximum Gasteiger partial charge on any atom is 0.354 e. The Hall–Kier alpha value is -2.47. The van der Waals surface area contributed by atoms with Gasteiger partial charge in [0, 0.05) is 18.5 Å². The van der Waals surface area contributed by atoms with Gasteiger partial charge in [-0.05, 0) is 50.0 Å². The Morgan fingerprint density at radius 2 is 2.04 bits per heavy atom. The summed E-state index contributed by atoms with van der Waals surface area (Å²) in [6.45, 7) is 1.51. The molecule has 0 saturated carbocycles. The summed E-state index contributed by atoms with van der Waals surface area (Å²) < 4.78 is 21.4. The Balaban J connectivity index is 2.01. The zero-order valence-electron chi connectivity index (χ0n) is 15.6. The van der Waals surface area contributed by atoms with Crippen LogP contribution in [0, 0.1) is 5.82 Å². The maximum absolute atomic E-state index is 14.3. The number of methoxy groups -OCH3 is 1. The third-order valence-corrected chi connectivity index (χ3v) is 5.77. The number of benzene rings is 1. The number of carboxylic acid groups (broad SMARTS) is 1. The number of anilines is 1. The van der Waals surface area contributed by atoms with Gasteiger partial charge in [0.1, 0.15) is 11.6 Å². The van der Waals surface area contributed by atoms with Crippen LogP contribution in [0.4, 0.5) is 10.1 Å². The first-order valence-electron chi connectivity index (χ1n) is 9.44. The summed E-state index contributed by atoms with van der Waals surface area (Å²) in [6.07, 6.45) is 9.41. The standard InChI is InChI=1S/C21H22ClFN2O3/c1-28-14-7-5-6-13(10-14)25-18-12-16(22)17(23)11-15(18)19(20(25)21(26)27)24-8-3-2-4-9-24/h5,7,10-13H,2-4,6,8-9H2,1H3,(H,26,27). The predicted octanol–water partition coefficient (Wildman–Crippen LogP) is 5.15. The molecule has 2 heterocycles. The van der Waals surface area contributed by atoms with Gasteiger partial charge in [0.15, 0.2) is 5.69 Å². The second-order valence-electron chi connectivity index (χ2n) is 7.18. The van der Waals surface area contributed by atoms with E-state index < -0.39 is 11.8 Å². The van der Waals surface area contributed by atoms with E-state index in [9.17, 15) is 14.3 Å². The number of carboxylic acids is 1. The largest absolute Gasteiger partial charge is 0.497 e. The minimum atomic E-state index is -1.03. The van der Waals surface area contributed by atoms with Gasteiger partial charge < -0.3 is 19.3 Å². The first kappa shape index (κ1) is 18.9. The van der Waals surface area contributed by atoms with Gasteiger partial charge in [-0.15, -0.1) is 0 Å². The van der Waals surface area contributed by atoms with Crippen LogP contribution in [-0.4, -0.2) is 35.8 Å². The summed E-state index contributed by atoms with van der Waals surface area (Å²) in [5, 5.41) is 10.7. The number of carbonyl (C=O) groups is 1. The summed E-state index contributed by atoms with van der Waals surface area (Å²) in [4.78, 5) is 14.4. The molecular weight excluding hydrogens is 383 g/mol. The number of nitrogens with zero attached hydrogens (tertiary/aromatic N) is 2. The van der Waals surface area contributed by atoms with Crippen LogP contribution in [0.3, 0.4) is 0 Å². The van der Waals surface area contributed by atoms with Gasteiger partial charge >= 0.3 is 5.97 Å². The fourth-order valence-corrected chi connectivity index (χ4v) is 4.38. The van der Waals surface area contributed by atoms with Crippen LogP contribution in [0.1, 0.15) is 42.2 Å². The molecule has 0 radical (unpaired) electrons. The van der Waals surface area contributed by atoms with E-state index in [0.717, 1.165) is 32.4 Å². The first-order valence-corrected chi connectivity index (χ1v) is 9.82. The Bertz CT molecular complexity index is 989. The van der Waals surface area contributed by atoms with Crippen molar-refractivity contribution >= 4 is 34.2 Å². The fraction of sp³-hybridized carbons (Fsp3) is 0.381. The van der Waals surface area contributed by atoms with E-state index in [2.05, 4.69) is 4.90 Å². The number of fused-ring (bicyclic) bond motifs is 1. The highest BCUT2D eigenvalue weighted by Crippen LogP contribution is 2.41. The van der Waals surface area contributed by atoms with E-state index in [-0.39, 0.29) is 16.8 Å². The molecule has 0 bridgehead atoms. The van der Waals surface area contributed by atoms with Crippen molar-refractivity contribution in [2.45, 2.75) is 31.7 Å². The second kappa shape index (κ2) is 7.51. The molecule has 7 heteroatoms. The lowest BCUT2D eigenvalue weighted by molar-refractivity contribution is 0.0685. The van der Waals surface area contributed by atoms with Crippen LogP contribution in [-0.2, 0) is 4.74 Å². The highest BCUT2D eigenvalue weighted by atomic mass is 35.5. The molecular formula is C21H22ClFN2O3. The van der Waals surface area contributed by atoms with Crippen molar-refractivity contribution < 1.29 is 19.0 Å².